The summed E-state index contributed by atoms with van der Waals surface area (Å²) >= 11 is 0. The molecule has 1 aliphatic carbocycles. The average Bonchev–Trinajstić information content (AvgIpc) is 3.42. The predicted octanol–water partition coefficient (Wildman–Crippen LogP) is 1.55. The van der Waals surface area contributed by atoms with Crippen LogP contribution in [0.4, 0.5) is 4.79 Å². The van der Waals surface area contributed by atoms with Crippen LogP contribution in [0.5, 0.6) is 0 Å². The molecule has 0 bridgehead atoms. The lowest BCUT2D eigenvalue weighted by Gasteiger charge is -2.36. The molecule has 32 heavy (non-hydrogen) atoms. The van der Waals surface area contributed by atoms with Gasteiger partial charge in [0.05, 0.1) is 25.1 Å². The van der Waals surface area contributed by atoms with Gasteiger partial charge in [0.1, 0.15) is 0 Å². The van der Waals surface area contributed by atoms with Gasteiger partial charge < -0.3 is 15.8 Å². The largest absolute Gasteiger partial charge is 0.424 e. The quantitative estimate of drug-likeness (QED) is 0.134. The fraction of sp³-hybridized carbons (Fsp3) is 0.818. The summed E-state index contributed by atoms with van der Waals surface area (Å²) in [5.74, 6) is -1.61. The molecule has 0 aromatic carbocycles. The maximum atomic E-state index is 13.9. The van der Waals surface area contributed by atoms with E-state index in [1.54, 1.807) is 0 Å². The number of hydrogen-bond acceptors (Lipinski definition) is 6. The van der Waals surface area contributed by atoms with Gasteiger partial charge in [-0.15, -0.1) is 0 Å². The smallest absolute Gasteiger partial charge is 0.379 e. The Hall–Kier alpha value is -2.04. The van der Waals surface area contributed by atoms with Gasteiger partial charge in [0.15, 0.2) is 6.04 Å². The zero-order chi connectivity index (χ0) is 23.7. The number of carbonyl (C=O) groups excluding carboxylic acids is 4. The minimum absolute atomic E-state index is 0.0825. The SMILES string of the molecule is CC(C)OCCCNC(=O)[N+]1(C(=O)[C@H](CC2CCCC2)CN(O)C=O)CCC[C@H]1C(N)=O. The van der Waals surface area contributed by atoms with Crippen molar-refractivity contribution in [2.24, 2.45) is 17.6 Å². The van der Waals surface area contributed by atoms with Crippen LogP contribution in [0, 0.1) is 11.8 Å². The molecular weight excluding hydrogens is 416 g/mol. The molecule has 2 fully saturated rings. The van der Waals surface area contributed by atoms with Crippen molar-refractivity contribution >= 4 is 24.3 Å². The Bertz CT molecular complexity index is 667. The molecule has 3 atom stereocenters. The highest BCUT2D eigenvalue weighted by Gasteiger charge is 2.58. The number of urea groups is 1. The van der Waals surface area contributed by atoms with Crippen LogP contribution >= 0.6 is 0 Å². The minimum atomic E-state index is -0.955. The van der Waals surface area contributed by atoms with Gasteiger partial charge in [0, 0.05) is 26.0 Å². The molecule has 0 radical (unpaired) electrons. The highest BCUT2D eigenvalue weighted by molar-refractivity contribution is 5.91. The molecule has 0 aromatic rings. The molecular formula is C22H39N4O6+. The minimum Gasteiger partial charge on any atom is -0.379 e. The molecule has 10 nitrogen and oxygen atoms in total. The number of rotatable bonds is 12. The number of hydrogen-bond donors (Lipinski definition) is 3. The van der Waals surface area contributed by atoms with Crippen molar-refractivity contribution in [3.05, 3.63) is 0 Å². The maximum absolute atomic E-state index is 13.9. The lowest BCUT2D eigenvalue weighted by molar-refractivity contribution is -0.779. The molecule has 0 spiro atoms. The molecule has 1 unspecified atom stereocenters. The van der Waals surface area contributed by atoms with E-state index in [0.717, 1.165) is 25.7 Å². The normalized spacial score (nSPS) is 24.4. The second kappa shape index (κ2) is 12.3. The first-order valence-electron chi connectivity index (χ1n) is 11.7. The van der Waals surface area contributed by atoms with E-state index in [-0.39, 0.29) is 31.5 Å². The third-order valence-corrected chi connectivity index (χ3v) is 6.62. The second-order valence-corrected chi connectivity index (χ2v) is 9.31. The number of carbonyl (C=O) groups is 4. The molecule has 10 heteroatoms. The van der Waals surface area contributed by atoms with E-state index < -0.39 is 34.3 Å². The zero-order valence-corrected chi connectivity index (χ0v) is 19.3. The van der Waals surface area contributed by atoms with Crippen LogP contribution in [0.1, 0.15) is 65.2 Å². The van der Waals surface area contributed by atoms with Crippen molar-refractivity contribution < 1.29 is 33.6 Å². The molecule has 182 valence electrons. The lowest BCUT2D eigenvalue weighted by Crippen LogP contribution is -2.68. The van der Waals surface area contributed by atoms with E-state index >= 15 is 0 Å². The number of hydroxylamine groups is 2. The van der Waals surface area contributed by atoms with Gasteiger partial charge in [0.25, 0.3) is 5.91 Å². The third-order valence-electron chi connectivity index (χ3n) is 6.62. The zero-order valence-electron chi connectivity index (χ0n) is 19.3. The number of imide groups is 1. The number of nitrogens with zero attached hydrogens (tertiary/aromatic N) is 2. The highest BCUT2D eigenvalue weighted by atomic mass is 16.5. The van der Waals surface area contributed by atoms with Crippen LogP contribution in [0.3, 0.4) is 0 Å². The van der Waals surface area contributed by atoms with E-state index in [0.29, 0.717) is 43.9 Å². The Kier molecular flexibility index (Phi) is 10.0. The summed E-state index contributed by atoms with van der Waals surface area (Å²) in [6.07, 6.45) is 6.31. The molecule has 1 aliphatic heterocycles. The topological polar surface area (TPSA) is 139 Å². The van der Waals surface area contributed by atoms with Crippen molar-refractivity contribution in [2.75, 3.05) is 26.2 Å². The fourth-order valence-electron chi connectivity index (χ4n) is 5.10. The Labute approximate surface area is 190 Å². The summed E-state index contributed by atoms with van der Waals surface area (Å²) < 4.78 is 4.80. The molecule has 2 rings (SSSR count). The van der Waals surface area contributed by atoms with Gasteiger partial charge >= 0.3 is 11.9 Å². The maximum Gasteiger partial charge on any atom is 0.424 e. The van der Waals surface area contributed by atoms with E-state index in [4.69, 9.17) is 10.5 Å². The van der Waals surface area contributed by atoms with Crippen LogP contribution in [0.25, 0.3) is 0 Å². The van der Waals surface area contributed by atoms with E-state index in [2.05, 4.69) is 5.32 Å². The first kappa shape index (κ1) is 26.2. The standard InChI is InChI=1S/C22H38N4O6/c1-16(2)32-12-6-10-24-22(30)26(11-5-9-19(26)20(23)28)21(29)18(14-25(31)15-27)13-17-7-3-4-8-17/h15-19,31H,3-14H2,1-2H3,(H2-,23,24,28,30)/p+1/t18-,19+,26?/m1/s1. The fourth-order valence-corrected chi connectivity index (χ4v) is 5.10. The molecule has 4 N–H and O–H groups in total. The first-order valence-corrected chi connectivity index (χ1v) is 11.7. The van der Waals surface area contributed by atoms with E-state index in [9.17, 15) is 24.4 Å². The molecule has 0 aromatic heterocycles. The molecule has 1 heterocycles. The number of amides is 5. The monoisotopic (exact) mass is 455 g/mol. The molecule has 1 saturated carbocycles. The number of nitrogens with one attached hydrogen (secondary N) is 1. The van der Waals surface area contributed by atoms with Crippen LogP contribution in [0.15, 0.2) is 0 Å². The van der Waals surface area contributed by atoms with Crippen LogP contribution in [-0.2, 0) is 19.1 Å². The first-order chi connectivity index (χ1) is 15.2. The van der Waals surface area contributed by atoms with E-state index in [1.807, 2.05) is 13.8 Å². The summed E-state index contributed by atoms with van der Waals surface area (Å²) in [5.41, 5.74) is 5.63. The van der Waals surface area contributed by atoms with Gasteiger partial charge in [-0.25, -0.2) is 14.7 Å². The van der Waals surface area contributed by atoms with Gasteiger partial charge in [-0.05, 0) is 32.6 Å². The van der Waals surface area contributed by atoms with E-state index in [1.165, 1.54) is 0 Å². The number of primary amides is 1. The van der Waals surface area contributed by atoms with Crippen LogP contribution < -0.4 is 11.1 Å². The third kappa shape index (κ3) is 6.49. The molecule has 1 saturated heterocycles. The number of likely N-dealkylation sites (tertiary alicyclic amines) is 1. The molecule has 5 amide bonds. The highest BCUT2D eigenvalue weighted by Crippen LogP contribution is 2.35. The van der Waals surface area contributed by atoms with Crippen LogP contribution in [-0.4, -0.2) is 77.4 Å². The summed E-state index contributed by atoms with van der Waals surface area (Å²) in [4.78, 5) is 50.5. The van der Waals surface area contributed by atoms with Gasteiger partial charge in [-0.3, -0.25) is 14.8 Å². The summed E-state index contributed by atoms with van der Waals surface area (Å²) in [6.45, 7) is 4.58. The second-order valence-electron chi connectivity index (χ2n) is 9.31. The van der Waals surface area contributed by atoms with Crippen LogP contribution in [0.2, 0.25) is 0 Å². The summed E-state index contributed by atoms with van der Waals surface area (Å²) in [5, 5.41) is 13.1. The lowest BCUT2D eigenvalue weighted by atomic mass is 9.90. The van der Waals surface area contributed by atoms with Crippen molar-refractivity contribution in [1.82, 2.24) is 10.4 Å². The van der Waals surface area contributed by atoms with Crippen molar-refractivity contribution in [2.45, 2.75) is 77.4 Å². The Morgan fingerprint density at radius 3 is 2.50 bits per heavy atom. The van der Waals surface area contributed by atoms with Gasteiger partial charge in [0.2, 0.25) is 6.41 Å². The Morgan fingerprint density at radius 1 is 1.22 bits per heavy atom. The Balaban J connectivity index is 2.23. The number of quaternary nitrogens is 1. The molecule has 2 aliphatic rings. The Morgan fingerprint density at radius 2 is 1.91 bits per heavy atom. The summed E-state index contributed by atoms with van der Waals surface area (Å²) in [7, 11) is 0. The van der Waals surface area contributed by atoms with Gasteiger partial charge in [-0.1, -0.05) is 25.7 Å². The number of nitrogens with two attached hydrogens (primary N) is 1. The van der Waals surface area contributed by atoms with Crippen molar-refractivity contribution in [3.63, 3.8) is 0 Å². The number of ether oxygens (including phenoxy) is 1. The predicted molar refractivity (Wildman–Crippen MR) is 116 cm³/mol. The average molecular weight is 456 g/mol. The van der Waals surface area contributed by atoms with Crippen molar-refractivity contribution in [3.8, 4) is 0 Å². The summed E-state index contributed by atoms with van der Waals surface area (Å²) in [6, 6.07) is -1.50. The van der Waals surface area contributed by atoms with Crippen molar-refractivity contribution in [1.29, 1.82) is 0 Å². The van der Waals surface area contributed by atoms with Gasteiger partial charge in [-0.2, -0.15) is 4.48 Å².